The van der Waals surface area contributed by atoms with Crippen LogP contribution in [-0.2, 0) is 4.79 Å². The summed E-state index contributed by atoms with van der Waals surface area (Å²) in [5, 5.41) is 9.17. The second-order valence-electron chi connectivity index (χ2n) is 3.96. The smallest absolute Gasteiger partial charge is 0.311 e. The Morgan fingerprint density at radius 3 is 2.38 bits per heavy atom. The zero-order valence-corrected chi connectivity index (χ0v) is 11.0. The molecule has 1 aromatic carbocycles. The van der Waals surface area contributed by atoms with Gasteiger partial charge >= 0.3 is 5.97 Å². The van der Waals surface area contributed by atoms with E-state index in [-0.39, 0.29) is 0 Å². The van der Waals surface area contributed by atoms with Crippen molar-refractivity contribution in [1.29, 1.82) is 0 Å². The quantitative estimate of drug-likeness (QED) is 0.849. The van der Waals surface area contributed by atoms with Crippen molar-refractivity contribution in [3.8, 4) is 0 Å². The van der Waals surface area contributed by atoms with Gasteiger partial charge in [-0.1, -0.05) is 39.7 Å². The molecule has 1 unspecified atom stereocenters. The SMILES string of the molecule is CC(C)=CCC(C(=O)O)c1ccc(Br)cc1. The number of aliphatic carboxylic acids is 1. The second kappa shape index (κ2) is 5.85. The summed E-state index contributed by atoms with van der Waals surface area (Å²) in [7, 11) is 0. The lowest BCUT2D eigenvalue weighted by Crippen LogP contribution is -2.10. The van der Waals surface area contributed by atoms with Gasteiger partial charge in [0.2, 0.25) is 0 Å². The van der Waals surface area contributed by atoms with Crippen LogP contribution in [0.15, 0.2) is 40.4 Å². The third kappa shape index (κ3) is 3.81. The first-order valence-corrected chi connectivity index (χ1v) is 5.91. The van der Waals surface area contributed by atoms with Crippen LogP contribution in [0, 0.1) is 0 Å². The fourth-order valence-corrected chi connectivity index (χ4v) is 1.69. The third-order valence-corrected chi connectivity index (χ3v) is 2.86. The molecule has 1 aromatic rings. The number of allylic oxidation sites excluding steroid dienone is 2. The Labute approximate surface area is 104 Å². The molecule has 0 heterocycles. The highest BCUT2D eigenvalue weighted by Gasteiger charge is 2.17. The van der Waals surface area contributed by atoms with Crippen LogP contribution in [0.3, 0.4) is 0 Å². The van der Waals surface area contributed by atoms with Crippen molar-refractivity contribution in [2.45, 2.75) is 26.2 Å². The fourth-order valence-electron chi connectivity index (χ4n) is 1.43. The summed E-state index contributed by atoms with van der Waals surface area (Å²) in [5.41, 5.74) is 1.98. The van der Waals surface area contributed by atoms with Crippen LogP contribution >= 0.6 is 15.9 Å². The lowest BCUT2D eigenvalue weighted by Gasteiger charge is -2.10. The van der Waals surface area contributed by atoms with Gasteiger partial charge in [-0.15, -0.1) is 0 Å². The Morgan fingerprint density at radius 2 is 1.94 bits per heavy atom. The fraction of sp³-hybridized carbons (Fsp3) is 0.308. The van der Waals surface area contributed by atoms with Gasteiger partial charge in [-0.2, -0.15) is 0 Å². The van der Waals surface area contributed by atoms with Crippen molar-refractivity contribution in [2.24, 2.45) is 0 Å². The van der Waals surface area contributed by atoms with Gasteiger partial charge in [0.25, 0.3) is 0 Å². The van der Waals surface area contributed by atoms with Crippen LogP contribution in [0.4, 0.5) is 0 Å². The Hall–Kier alpha value is -1.09. The first kappa shape index (κ1) is 13.0. The van der Waals surface area contributed by atoms with Gasteiger partial charge < -0.3 is 5.11 Å². The molecule has 0 radical (unpaired) electrons. The molecule has 0 saturated carbocycles. The van der Waals surface area contributed by atoms with Crippen LogP contribution in [-0.4, -0.2) is 11.1 Å². The van der Waals surface area contributed by atoms with Crippen molar-refractivity contribution in [1.82, 2.24) is 0 Å². The van der Waals surface area contributed by atoms with Crippen LogP contribution in [0.5, 0.6) is 0 Å². The van der Waals surface area contributed by atoms with E-state index in [1.807, 2.05) is 44.2 Å². The minimum absolute atomic E-state index is 0.456. The monoisotopic (exact) mass is 282 g/mol. The Kier molecular flexibility index (Phi) is 4.74. The second-order valence-corrected chi connectivity index (χ2v) is 4.88. The number of rotatable bonds is 4. The lowest BCUT2D eigenvalue weighted by molar-refractivity contribution is -0.138. The van der Waals surface area contributed by atoms with E-state index in [1.165, 1.54) is 0 Å². The Morgan fingerprint density at radius 1 is 1.38 bits per heavy atom. The molecule has 0 amide bonds. The van der Waals surface area contributed by atoms with E-state index >= 15 is 0 Å². The number of carbonyl (C=O) groups is 1. The van der Waals surface area contributed by atoms with E-state index in [4.69, 9.17) is 5.11 Å². The summed E-state index contributed by atoms with van der Waals surface area (Å²) >= 11 is 3.33. The maximum atomic E-state index is 11.2. The molecule has 1 atom stereocenters. The van der Waals surface area contributed by atoms with E-state index in [0.29, 0.717) is 6.42 Å². The van der Waals surface area contributed by atoms with Gasteiger partial charge in [0.1, 0.15) is 0 Å². The minimum Gasteiger partial charge on any atom is -0.481 e. The highest BCUT2D eigenvalue weighted by Crippen LogP contribution is 2.23. The molecule has 0 aliphatic carbocycles. The molecule has 86 valence electrons. The van der Waals surface area contributed by atoms with E-state index in [2.05, 4.69) is 15.9 Å². The van der Waals surface area contributed by atoms with Gasteiger partial charge in [0.05, 0.1) is 5.92 Å². The van der Waals surface area contributed by atoms with Crippen LogP contribution in [0.2, 0.25) is 0 Å². The summed E-state index contributed by atoms with van der Waals surface area (Å²) < 4.78 is 0.961. The molecule has 1 rings (SSSR count). The van der Waals surface area contributed by atoms with Gasteiger partial charge in [-0.05, 0) is 38.0 Å². The number of hydrogen-bond donors (Lipinski definition) is 1. The summed E-state index contributed by atoms with van der Waals surface area (Å²) in [4.78, 5) is 11.2. The molecule has 0 spiro atoms. The Bertz CT molecular complexity index is 389. The number of benzene rings is 1. The molecule has 0 aliphatic heterocycles. The van der Waals surface area contributed by atoms with Crippen LogP contribution in [0.25, 0.3) is 0 Å². The van der Waals surface area contributed by atoms with Gasteiger partial charge in [0.15, 0.2) is 0 Å². The number of carboxylic acids is 1. The minimum atomic E-state index is -0.778. The Balaban J connectivity index is 2.90. The highest BCUT2D eigenvalue weighted by atomic mass is 79.9. The molecule has 3 heteroatoms. The van der Waals surface area contributed by atoms with Crippen LogP contribution in [0.1, 0.15) is 31.7 Å². The predicted molar refractivity (Wildman–Crippen MR) is 68.6 cm³/mol. The predicted octanol–water partition coefficient (Wildman–Crippen LogP) is 3.97. The van der Waals surface area contributed by atoms with Crippen molar-refractivity contribution >= 4 is 21.9 Å². The highest BCUT2D eigenvalue weighted by molar-refractivity contribution is 9.10. The largest absolute Gasteiger partial charge is 0.481 e. The average Bonchev–Trinajstić information content (AvgIpc) is 2.20. The maximum Gasteiger partial charge on any atom is 0.311 e. The average molecular weight is 283 g/mol. The van der Waals surface area contributed by atoms with Gasteiger partial charge in [-0.3, -0.25) is 4.79 Å². The lowest BCUT2D eigenvalue weighted by atomic mass is 9.95. The van der Waals surface area contributed by atoms with Gasteiger partial charge in [0, 0.05) is 4.47 Å². The number of hydrogen-bond acceptors (Lipinski definition) is 1. The van der Waals surface area contributed by atoms with E-state index in [0.717, 1.165) is 15.6 Å². The topological polar surface area (TPSA) is 37.3 Å². The van der Waals surface area contributed by atoms with Crippen molar-refractivity contribution in [3.05, 3.63) is 46.0 Å². The molecule has 0 bridgehead atoms. The third-order valence-electron chi connectivity index (χ3n) is 2.33. The molecule has 1 N–H and O–H groups in total. The van der Waals surface area contributed by atoms with Crippen molar-refractivity contribution in [2.75, 3.05) is 0 Å². The van der Waals surface area contributed by atoms with E-state index in [1.54, 1.807) is 0 Å². The molecule has 0 aliphatic rings. The zero-order valence-electron chi connectivity index (χ0n) is 9.40. The summed E-state index contributed by atoms with van der Waals surface area (Å²) in [6.07, 6.45) is 2.50. The maximum absolute atomic E-state index is 11.2. The molecular formula is C13H15BrO2. The van der Waals surface area contributed by atoms with E-state index in [9.17, 15) is 4.79 Å². The first-order valence-electron chi connectivity index (χ1n) is 5.12. The van der Waals surface area contributed by atoms with Crippen molar-refractivity contribution in [3.63, 3.8) is 0 Å². The van der Waals surface area contributed by atoms with Crippen LogP contribution < -0.4 is 0 Å². The zero-order chi connectivity index (χ0) is 12.1. The summed E-state index contributed by atoms with van der Waals surface area (Å²) in [6, 6.07) is 7.44. The molecular weight excluding hydrogens is 268 g/mol. The first-order chi connectivity index (χ1) is 7.50. The molecule has 0 fully saturated rings. The summed E-state index contributed by atoms with van der Waals surface area (Å²) in [6.45, 7) is 3.95. The van der Waals surface area contributed by atoms with E-state index < -0.39 is 11.9 Å². The van der Waals surface area contributed by atoms with Gasteiger partial charge in [-0.25, -0.2) is 0 Å². The standard InChI is InChI=1S/C13H15BrO2/c1-9(2)3-8-12(13(15)16)10-4-6-11(14)7-5-10/h3-7,12H,8H2,1-2H3,(H,15,16). The number of carboxylic acid groups (broad SMARTS) is 1. The molecule has 2 nitrogen and oxygen atoms in total. The normalized spacial score (nSPS) is 11.9. The molecule has 0 saturated heterocycles. The summed E-state index contributed by atoms with van der Waals surface area (Å²) in [5.74, 6) is -1.23. The molecule has 0 aromatic heterocycles. The number of halogens is 1. The van der Waals surface area contributed by atoms with Crippen molar-refractivity contribution < 1.29 is 9.90 Å². The molecule has 16 heavy (non-hydrogen) atoms.